The highest BCUT2D eigenvalue weighted by Gasteiger charge is 2.31. The van der Waals surface area contributed by atoms with Gasteiger partial charge in [-0.3, -0.25) is 14.5 Å². The second-order valence-corrected chi connectivity index (χ2v) is 6.17. The lowest BCUT2D eigenvalue weighted by atomic mass is 10.1. The Morgan fingerprint density at radius 1 is 1.17 bits per heavy atom. The molecule has 0 saturated heterocycles. The molecule has 5 nitrogen and oxygen atoms in total. The molecular formula is C17H14BrFN2O3. The van der Waals surface area contributed by atoms with Crippen LogP contribution in [0.5, 0.6) is 5.75 Å². The van der Waals surface area contributed by atoms with Gasteiger partial charge in [-0.25, -0.2) is 4.39 Å². The monoisotopic (exact) mass is 392 g/mol. The Balaban J connectivity index is 0.000000141. The molecule has 1 N–H and O–H groups in total. The van der Waals surface area contributed by atoms with E-state index < -0.39 is 0 Å². The Kier molecular flexibility index (Phi) is 4.53. The number of anilines is 1. The molecule has 2 aromatic rings. The Bertz CT molecular complexity index is 790. The number of nitrogens with one attached hydrogen (secondary N) is 1. The third-order valence-electron chi connectivity index (χ3n) is 3.67. The molecule has 2 aliphatic heterocycles. The van der Waals surface area contributed by atoms with Gasteiger partial charge >= 0.3 is 0 Å². The summed E-state index contributed by atoms with van der Waals surface area (Å²) in [7, 11) is 1.49. The van der Waals surface area contributed by atoms with Crippen LogP contribution >= 0.6 is 15.9 Å². The molecule has 7 heteroatoms. The van der Waals surface area contributed by atoms with Gasteiger partial charge in [-0.1, -0.05) is 28.1 Å². The van der Waals surface area contributed by atoms with Crippen LogP contribution in [0.3, 0.4) is 0 Å². The topological polar surface area (TPSA) is 58.6 Å². The summed E-state index contributed by atoms with van der Waals surface area (Å²) < 4.78 is 19.0. The van der Waals surface area contributed by atoms with Crippen molar-refractivity contribution in [1.82, 2.24) is 4.90 Å². The van der Waals surface area contributed by atoms with Gasteiger partial charge in [-0.15, -0.1) is 0 Å². The normalized spacial score (nSPS) is 14.9. The van der Waals surface area contributed by atoms with E-state index in [1.807, 2.05) is 0 Å². The van der Waals surface area contributed by atoms with E-state index in [1.54, 1.807) is 30.3 Å². The van der Waals surface area contributed by atoms with Crippen LogP contribution in [-0.4, -0.2) is 36.9 Å². The summed E-state index contributed by atoms with van der Waals surface area (Å²) in [6.45, 7) is 1.24. The summed E-state index contributed by atoms with van der Waals surface area (Å²) in [5.41, 5.74) is 1.73. The lowest BCUT2D eigenvalue weighted by Crippen LogP contribution is -2.24. The fourth-order valence-corrected chi connectivity index (χ4v) is 2.92. The molecule has 0 aromatic heterocycles. The molecule has 0 saturated carbocycles. The third kappa shape index (κ3) is 2.99. The maximum absolute atomic E-state index is 13.1. The Morgan fingerprint density at radius 2 is 1.79 bits per heavy atom. The number of carbonyl (C=O) groups excluding carboxylic acids is 2. The summed E-state index contributed by atoms with van der Waals surface area (Å²) in [5.74, 6) is -0.428. The van der Waals surface area contributed by atoms with Gasteiger partial charge in [-0.05, 0) is 24.3 Å². The van der Waals surface area contributed by atoms with Gasteiger partial charge in [0.1, 0.15) is 6.61 Å². The summed E-state index contributed by atoms with van der Waals surface area (Å²) in [5, 5.41) is 3.05. The summed E-state index contributed by atoms with van der Waals surface area (Å²) in [4.78, 5) is 23.8. The first-order valence-corrected chi connectivity index (χ1v) is 8.05. The van der Waals surface area contributed by atoms with Crippen molar-refractivity contribution in [3.05, 3.63) is 57.8 Å². The molecule has 0 unspecified atom stereocenters. The van der Waals surface area contributed by atoms with Crippen molar-refractivity contribution in [3.63, 3.8) is 0 Å². The SMILES string of the molecule is CN1C(=O)c2ccccc2C1=O.Fc1cc(Br)cc2c1OCCN2. The van der Waals surface area contributed by atoms with Gasteiger partial charge in [0.25, 0.3) is 11.8 Å². The molecule has 0 atom stereocenters. The molecule has 0 radical (unpaired) electrons. The summed E-state index contributed by atoms with van der Waals surface area (Å²) in [6, 6.07) is 10.0. The molecule has 4 rings (SSSR count). The molecule has 2 aliphatic rings. The van der Waals surface area contributed by atoms with Crippen LogP contribution in [0.1, 0.15) is 20.7 Å². The average Bonchev–Trinajstić information content (AvgIpc) is 2.80. The molecule has 2 heterocycles. The number of hydrogen-bond acceptors (Lipinski definition) is 4. The quantitative estimate of drug-likeness (QED) is 0.698. The van der Waals surface area contributed by atoms with Crippen molar-refractivity contribution >= 4 is 33.4 Å². The molecule has 0 fully saturated rings. The van der Waals surface area contributed by atoms with Gasteiger partial charge < -0.3 is 10.1 Å². The van der Waals surface area contributed by atoms with E-state index in [9.17, 15) is 14.0 Å². The number of fused-ring (bicyclic) bond motifs is 2. The number of ether oxygens (including phenoxy) is 1. The number of rotatable bonds is 0. The molecular weight excluding hydrogens is 379 g/mol. The van der Waals surface area contributed by atoms with Crippen molar-refractivity contribution in [3.8, 4) is 5.75 Å². The van der Waals surface area contributed by atoms with Crippen LogP contribution in [0, 0.1) is 5.82 Å². The molecule has 124 valence electrons. The predicted octanol–water partition coefficient (Wildman–Crippen LogP) is 3.30. The number of amides is 2. The van der Waals surface area contributed by atoms with Crippen LogP contribution < -0.4 is 10.1 Å². The van der Waals surface area contributed by atoms with E-state index in [0.29, 0.717) is 29.2 Å². The van der Waals surface area contributed by atoms with Gasteiger partial charge in [0.15, 0.2) is 11.6 Å². The van der Waals surface area contributed by atoms with E-state index in [4.69, 9.17) is 4.74 Å². The number of carbonyl (C=O) groups is 2. The number of nitrogens with zero attached hydrogens (tertiary/aromatic N) is 1. The summed E-state index contributed by atoms with van der Waals surface area (Å²) >= 11 is 3.21. The van der Waals surface area contributed by atoms with Crippen molar-refractivity contribution in [2.24, 2.45) is 0 Å². The highest BCUT2D eigenvalue weighted by atomic mass is 79.9. The lowest BCUT2D eigenvalue weighted by Gasteiger charge is -2.19. The molecule has 24 heavy (non-hydrogen) atoms. The molecule has 2 aromatic carbocycles. The number of benzene rings is 2. The molecule has 0 bridgehead atoms. The van der Waals surface area contributed by atoms with Gasteiger partial charge in [0.2, 0.25) is 0 Å². The Morgan fingerprint density at radius 3 is 2.42 bits per heavy atom. The Labute approximate surface area is 146 Å². The van der Waals surface area contributed by atoms with Crippen LogP contribution in [-0.2, 0) is 0 Å². The van der Waals surface area contributed by atoms with Crippen LogP contribution in [0.2, 0.25) is 0 Å². The van der Waals surface area contributed by atoms with Gasteiger partial charge in [-0.2, -0.15) is 0 Å². The average molecular weight is 393 g/mol. The minimum absolute atomic E-state index is 0.212. The van der Waals surface area contributed by atoms with Crippen molar-refractivity contribution < 1.29 is 18.7 Å². The fourth-order valence-electron chi connectivity index (χ4n) is 2.49. The predicted molar refractivity (Wildman–Crippen MR) is 91.0 cm³/mol. The van der Waals surface area contributed by atoms with Crippen LogP contribution in [0.4, 0.5) is 10.1 Å². The number of halogens is 2. The first kappa shape index (κ1) is 16.4. The Hall–Kier alpha value is -2.41. The maximum atomic E-state index is 13.1. The van der Waals surface area contributed by atoms with Gasteiger partial charge in [0.05, 0.1) is 16.8 Å². The van der Waals surface area contributed by atoms with Crippen LogP contribution in [0.15, 0.2) is 40.9 Å². The molecule has 2 amide bonds. The second-order valence-electron chi connectivity index (χ2n) is 5.25. The fraction of sp³-hybridized carbons (Fsp3) is 0.176. The zero-order valence-electron chi connectivity index (χ0n) is 12.8. The van der Waals surface area contributed by atoms with E-state index in [2.05, 4.69) is 21.2 Å². The van der Waals surface area contributed by atoms with Crippen molar-refractivity contribution in [2.75, 3.05) is 25.5 Å². The maximum Gasteiger partial charge on any atom is 0.261 e. The minimum Gasteiger partial charge on any atom is -0.486 e. The number of hydrogen-bond donors (Lipinski definition) is 1. The first-order valence-electron chi connectivity index (χ1n) is 7.26. The van der Waals surface area contributed by atoms with E-state index >= 15 is 0 Å². The van der Waals surface area contributed by atoms with E-state index in [1.165, 1.54) is 13.1 Å². The largest absolute Gasteiger partial charge is 0.486 e. The molecule has 0 aliphatic carbocycles. The zero-order chi connectivity index (χ0) is 17.3. The number of imide groups is 1. The molecule has 0 spiro atoms. The standard InChI is InChI=1S/C9H7NO2.C8H7BrFNO/c1-10-8(11)6-4-2-3-5-7(6)9(10)12;9-5-3-6(10)8-7(4-5)11-1-2-12-8/h2-5H,1H3;3-4,11H,1-2H2. The van der Waals surface area contributed by atoms with Crippen LogP contribution in [0.25, 0.3) is 0 Å². The highest BCUT2D eigenvalue weighted by Crippen LogP contribution is 2.33. The van der Waals surface area contributed by atoms with E-state index in [0.717, 1.165) is 15.9 Å². The summed E-state index contributed by atoms with van der Waals surface area (Å²) in [6.07, 6.45) is 0. The second kappa shape index (κ2) is 6.60. The lowest BCUT2D eigenvalue weighted by molar-refractivity contribution is 0.0693. The van der Waals surface area contributed by atoms with Gasteiger partial charge in [0, 0.05) is 18.1 Å². The van der Waals surface area contributed by atoms with E-state index in [-0.39, 0.29) is 17.6 Å². The zero-order valence-corrected chi connectivity index (χ0v) is 14.4. The smallest absolute Gasteiger partial charge is 0.261 e. The third-order valence-corrected chi connectivity index (χ3v) is 4.13. The van der Waals surface area contributed by atoms with Crippen molar-refractivity contribution in [1.29, 1.82) is 0 Å². The highest BCUT2D eigenvalue weighted by molar-refractivity contribution is 9.10. The van der Waals surface area contributed by atoms with Crippen molar-refractivity contribution in [2.45, 2.75) is 0 Å². The minimum atomic E-state index is -0.327. The first-order chi connectivity index (χ1) is 11.5.